The maximum Gasteiger partial charge on any atom is 0.228 e. The minimum absolute atomic E-state index is 0.165. The summed E-state index contributed by atoms with van der Waals surface area (Å²) in [5.74, 6) is -0.0359. The van der Waals surface area contributed by atoms with Crippen LogP contribution in [-0.2, 0) is 0 Å². The summed E-state index contributed by atoms with van der Waals surface area (Å²) in [6.07, 6.45) is 1.34. The van der Waals surface area contributed by atoms with Crippen LogP contribution in [0.15, 0.2) is 15.5 Å². The van der Waals surface area contributed by atoms with Gasteiger partial charge in [0.2, 0.25) is 5.76 Å². The quantitative estimate of drug-likeness (QED) is 0.560. The van der Waals surface area contributed by atoms with Gasteiger partial charge in [-0.05, 0) is 15.9 Å². The van der Waals surface area contributed by atoms with Gasteiger partial charge in [0.05, 0.1) is 0 Å². The Morgan fingerprint density at radius 1 is 1.46 bits per heavy atom. The molecule has 0 bridgehead atoms. The van der Waals surface area contributed by atoms with Gasteiger partial charge in [-0.2, -0.15) is 0 Å². The van der Waals surface area contributed by atoms with Crippen molar-refractivity contribution in [2.75, 3.05) is 0 Å². The molecule has 0 aliphatic rings. The average Bonchev–Trinajstić information content (AvgIpc) is 2.48. The van der Waals surface area contributed by atoms with Crippen molar-refractivity contribution in [3.05, 3.63) is 16.7 Å². The van der Waals surface area contributed by atoms with Gasteiger partial charge in [-0.25, -0.2) is 9.97 Å². The zero-order valence-corrected chi connectivity index (χ0v) is 8.20. The van der Waals surface area contributed by atoms with Crippen molar-refractivity contribution in [1.29, 1.82) is 0 Å². The minimum atomic E-state index is -0.201. The van der Waals surface area contributed by atoms with E-state index in [0.717, 1.165) is 0 Å². The summed E-state index contributed by atoms with van der Waals surface area (Å²) in [7, 11) is 0. The number of fused-ring (bicyclic) bond motifs is 1. The summed E-state index contributed by atoms with van der Waals surface area (Å²) in [5.41, 5.74) is 0.905. The van der Waals surface area contributed by atoms with Crippen LogP contribution in [0.25, 0.3) is 11.0 Å². The van der Waals surface area contributed by atoms with Crippen LogP contribution >= 0.6 is 15.9 Å². The Kier molecular flexibility index (Phi) is 1.84. The van der Waals surface area contributed by atoms with Crippen molar-refractivity contribution < 1.29 is 9.32 Å². The van der Waals surface area contributed by atoms with Crippen LogP contribution in [0.2, 0.25) is 0 Å². The number of ketones is 1. The zero-order valence-electron chi connectivity index (χ0n) is 6.61. The second-order valence-electron chi connectivity index (χ2n) is 2.43. The third-order valence-corrected chi connectivity index (χ3v) is 2.12. The highest BCUT2D eigenvalue weighted by Crippen LogP contribution is 2.21. The van der Waals surface area contributed by atoms with Crippen LogP contribution < -0.4 is 0 Å². The third-order valence-electron chi connectivity index (χ3n) is 1.54. The molecule has 0 unspecified atom stereocenters. The smallest absolute Gasteiger partial charge is 0.228 e. The van der Waals surface area contributed by atoms with E-state index in [-0.39, 0.29) is 11.5 Å². The second kappa shape index (κ2) is 2.88. The number of Topliss-reactive ketones (excluding diaryl/α,β-unsaturated/α-hetero) is 1. The molecule has 0 amide bonds. The van der Waals surface area contributed by atoms with Crippen LogP contribution in [-0.4, -0.2) is 20.9 Å². The molecule has 6 heteroatoms. The Bertz CT molecular complexity index is 480. The lowest BCUT2D eigenvalue weighted by atomic mass is 10.3. The molecule has 66 valence electrons. The molecule has 2 aromatic rings. The molecule has 2 heterocycles. The number of carbonyl (C=O) groups is 1. The third kappa shape index (κ3) is 1.23. The number of aromatic nitrogens is 3. The molecule has 0 fully saturated rings. The topological polar surface area (TPSA) is 68.9 Å². The molecule has 0 radical (unpaired) electrons. The van der Waals surface area contributed by atoms with Crippen LogP contribution in [0, 0.1) is 0 Å². The van der Waals surface area contributed by atoms with Crippen LogP contribution in [0.3, 0.4) is 0 Å². The summed E-state index contributed by atoms with van der Waals surface area (Å²) in [4.78, 5) is 18.8. The van der Waals surface area contributed by atoms with E-state index in [1.165, 1.54) is 13.3 Å². The fourth-order valence-electron chi connectivity index (χ4n) is 0.970. The normalized spacial score (nSPS) is 10.6. The molecule has 5 nitrogen and oxygen atoms in total. The van der Waals surface area contributed by atoms with Gasteiger partial charge < -0.3 is 4.52 Å². The Labute approximate surface area is 81.3 Å². The monoisotopic (exact) mass is 241 g/mol. The van der Waals surface area contributed by atoms with E-state index < -0.39 is 0 Å². The molecule has 13 heavy (non-hydrogen) atoms. The Morgan fingerprint density at radius 2 is 2.23 bits per heavy atom. The fraction of sp³-hybridized carbons (Fsp3) is 0.143. The van der Waals surface area contributed by atoms with E-state index in [9.17, 15) is 4.79 Å². The van der Waals surface area contributed by atoms with Crippen molar-refractivity contribution in [3.63, 3.8) is 0 Å². The molecule has 2 rings (SSSR count). The van der Waals surface area contributed by atoms with Crippen LogP contribution in [0.4, 0.5) is 0 Å². The minimum Gasteiger partial charge on any atom is -0.350 e. The van der Waals surface area contributed by atoms with Crippen molar-refractivity contribution in [2.24, 2.45) is 0 Å². The first-order chi connectivity index (χ1) is 6.20. The first-order valence-electron chi connectivity index (χ1n) is 3.47. The first-order valence-corrected chi connectivity index (χ1v) is 4.26. The number of hydrogen-bond acceptors (Lipinski definition) is 5. The Hall–Kier alpha value is -1.30. The Morgan fingerprint density at radius 3 is 2.92 bits per heavy atom. The van der Waals surface area contributed by atoms with Crippen molar-refractivity contribution >= 4 is 32.7 Å². The van der Waals surface area contributed by atoms with E-state index in [2.05, 4.69) is 31.1 Å². The van der Waals surface area contributed by atoms with Gasteiger partial charge in [-0.15, -0.1) is 0 Å². The SMILES string of the molecule is CC(=O)c1onc2c(Br)ncnc12. The summed E-state index contributed by atoms with van der Waals surface area (Å²) in [6, 6.07) is 0. The molecule has 0 saturated heterocycles. The highest BCUT2D eigenvalue weighted by Gasteiger charge is 2.15. The number of halogens is 1. The molecule has 0 aliphatic carbocycles. The number of carbonyl (C=O) groups excluding carboxylic acids is 1. The predicted octanol–water partition coefficient (Wildman–Crippen LogP) is 1.58. The largest absolute Gasteiger partial charge is 0.350 e. The zero-order chi connectivity index (χ0) is 9.42. The molecule has 0 aliphatic heterocycles. The fourth-order valence-corrected chi connectivity index (χ4v) is 1.32. The van der Waals surface area contributed by atoms with Gasteiger partial charge in [0.25, 0.3) is 0 Å². The van der Waals surface area contributed by atoms with Gasteiger partial charge in [0, 0.05) is 6.92 Å². The number of rotatable bonds is 1. The molecule has 0 aromatic carbocycles. The van der Waals surface area contributed by atoms with E-state index in [0.29, 0.717) is 15.6 Å². The highest BCUT2D eigenvalue weighted by atomic mass is 79.9. The standard InChI is InChI=1S/C7H4BrN3O2/c1-3(12)6-4-5(11-13-6)7(8)10-2-9-4/h2H,1H3. The molecular weight excluding hydrogens is 238 g/mol. The number of nitrogens with zero attached hydrogens (tertiary/aromatic N) is 3. The van der Waals surface area contributed by atoms with E-state index in [1.54, 1.807) is 0 Å². The van der Waals surface area contributed by atoms with E-state index in [1.807, 2.05) is 0 Å². The maximum atomic E-state index is 11.0. The van der Waals surface area contributed by atoms with Gasteiger partial charge >= 0.3 is 0 Å². The maximum absolute atomic E-state index is 11.0. The molecule has 0 atom stereocenters. The van der Waals surface area contributed by atoms with Gasteiger partial charge in [0.15, 0.2) is 11.3 Å². The van der Waals surface area contributed by atoms with Crippen LogP contribution in [0.5, 0.6) is 0 Å². The number of hydrogen-bond donors (Lipinski definition) is 0. The van der Waals surface area contributed by atoms with Gasteiger partial charge in [-0.3, -0.25) is 4.79 Å². The first kappa shape index (κ1) is 8.31. The summed E-state index contributed by atoms with van der Waals surface area (Å²) >= 11 is 3.17. The van der Waals surface area contributed by atoms with Gasteiger partial charge in [0.1, 0.15) is 16.4 Å². The molecule has 2 aromatic heterocycles. The summed E-state index contributed by atoms with van der Waals surface area (Å²) in [5, 5.41) is 3.67. The van der Waals surface area contributed by atoms with Crippen molar-refractivity contribution in [2.45, 2.75) is 6.92 Å². The highest BCUT2D eigenvalue weighted by molar-refractivity contribution is 9.10. The molecule has 0 saturated carbocycles. The molecule has 0 spiro atoms. The predicted molar refractivity (Wildman–Crippen MR) is 47.3 cm³/mol. The average molecular weight is 242 g/mol. The molecular formula is C7H4BrN3O2. The van der Waals surface area contributed by atoms with E-state index in [4.69, 9.17) is 4.52 Å². The second-order valence-corrected chi connectivity index (χ2v) is 3.18. The van der Waals surface area contributed by atoms with Crippen LogP contribution in [0.1, 0.15) is 17.5 Å². The lowest BCUT2D eigenvalue weighted by Crippen LogP contribution is -1.91. The van der Waals surface area contributed by atoms with Crippen molar-refractivity contribution in [3.8, 4) is 0 Å². The van der Waals surface area contributed by atoms with Crippen molar-refractivity contribution in [1.82, 2.24) is 15.1 Å². The Balaban J connectivity index is 2.83. The molecule has 0 N–H and O–H groups in total. The lowest BCUT2D eigenvalue weighted by Gasteiger charge is -1.88. The van der Waals surface area contributed by atoms with E-state index >= 15 is 0 Å². The summed E-state index contributed by atoms with van der Waals surface area (Å²) < 4.78 is 5.35. The van der Waals surface area contributed by atoms with Gasteiger partial charge in [-0.1, -0.05) is 5.16 Å². The lowest BCUT2D eigenvalue weighted by molar-refractivity contribution is 0.0980. The summed E-state index contributed by atoms with van der Waals surface area (Å²) in [6.45, 7) is 1.40.